The lowest BCUT2D eigenvalue weighted by molar-refractivity contribution is 0.586. The van der Waals surface area contributed by atoms with Gasteiger partial charge in [-0.3, -0.25) is 3.11 Å². The third-order valence-corrected chi connectivity index (χ3v) is 3.88. The third kappa shape index (κ3) is 2.30. The zero-order chi connectivity index (χ0) is 9.97. The van der Waals surface area contributed by atoms with Crippen molar-refractivity contribution in [3.05, 3.63) is 11.4 Å². The van der Waals surface area contributed by atoms with Gasteiger partial charge in [-0.15, -0.1) is 0 Å². The molecule has 78 valence electrons. The van der Waals surface area contributed by atoms with Gasteiger partial charge in [0, 0.05) is 12.8 Å². The molecule has 0 aromatic heterocycles. The topological polar surface area (TPSA) is 15.6 Å². The molecular weight excluding hydrogens is 287 g/mol. The summed E-state index contributed by atoms with van der Waals surface area (Å²) < 4.78 is 2.30. The Labute approximate surface area is 100.0 Å². The van der Waals surface area contributed by atoms with Gasteiger partial charge >= 0.3 is 0 Å². The van der Waals surface area contributed by atoms with Crippen LogP contribution in [0.4, 0.5) is 0 Å². The lowest BCUT2D eigenvalue weighted by atomic mass is 9.96. The third-order valence-electron chi connectivity index (χ3n) is 2.95. The predicted molar refractivity (Wildman–Crippen MR) is 68.5 cm³/mol. The minimum Gasteiger partial charge on any atom is -0.299 e. The number of allylic oxidation sites excluding steroid dienone is 1. The van der Waals surface area contributed by atoms with Crippen molar-refractivity contribution < 1.29 is 0 Å². The molecule has 0 N–H and O–H groups in total. The molecule has 0 saturated heterocycles. The molecular formula is C11H17IN2. The molecule has 0 bridgehead atoms. The van der Waals surface area contributed by atoms with E-state index in [1.807, 2.05) is 0 Å². The highest BCUT2D eigenvalue weighted by Gasteiger charge is 2.19. The van der Waals surface area contributed by atoms with Gasteiger partial charge in [-0.1, -0.05) is 6.92 Å². The highest BCUT2D eigenvalue weighted by Crippen LogP contribution is 2.31. The number of hydrogen-bond acceptors (Lipinski definition) is 2. The van der Waals surface area contributed by atoms with Crippen LogP contribution in [-0.4, -0.2) is 15.9 Å². The van der Waals surface area contributed by atoms with Gasteiger partial charge in [-0.25, -0.2) is 4.99 Å². The molecule has 0 spiro atoms. The van der Waals surface area contributed by atoms with E-state index in [4.69, 9.17) is 0 Å². The highest BCUT2D eigenvalue weighted by atomic mass is 127. The minimum absolute atomic E-state index is 0.772. The molecule has 14 heavy (non-hydrogen) atoms. The quantitative estimate of drug-likeness (QED) is 0.494. The Morgan fingerprint density at radius 1 is 1.50 bits per heavy atom. The maximum atomic E-state index is 4.61. The zero-order valence-corrected chi connectivity index (χ0v) is 10.8. The first-order valence-corrected chi connectivity index (χ1v) is 6.41. The van der Waals surface area contributed by atoms with Gasteiger partial charge in [-0.2, -0.15) is 0 Å². The maximum Gasteiger partial charge on any atom is 0.135 e. The van der Waals surface area contributed by atoms with Crippen LogP contribution in [0.25, 0.3) is 0 Å². The van der Waals surface area contributed by atoms with Gasteiger partial charge in [0.25, 0.3) is 0 Å². The second-order valence-electron chi connectivity index (χ2n) is 4.33. The Hall–Kier alpha value is -0.0600. The standard InChI is InChI=1S/C11H17IN2/c1-9-5-6-13-11-10(8-9)4-2-3-7-14(11)12/h6,9H,2-5,7-8H2,1H3. The van der Waals surface area contributed by atoms with E-state index in [1.165, 1.54) is 31.5 Å². The van der Waals surface area contributed by atoms with Crippen LogP contribution in [0.5, 0.6) is 0 Å². The minimum atomic E-state index is 0.772. The van der Waals surface area contributed by atoms with E-state index in [-0.39, 0.29) is 0 Å². The largest absolute Gasteiger partial charge is 0.299 e. The summed E-state index contributed by atoms with van der Waals surface area (Å²) in [5, 5.41) is 0. The molecule has 2 aliphatic rings. The monoisotopic (exact) mass is 304 g/mol. The van der Waals surface area contributed by atoms with Gasteiger partial charge in [0.2, 0.25) is 0 Å². The summed E-state index contributed by atoms with van der Waals surface area (Å²) in [6, 6.07) is 0. The Morgan fingerprint density at radius 3 is 3.21 bits per heavy atom. The van der Waals surface area contributed by atoms with Crippen LogP contribution in [0.1, 0.15) is 39.0 Å². The van der Waals surface area contributed by atoms with Crippen molar-refractivity contribution >= 4 is 29.1 Å². The average Bonchev–Trinajstić information content (AvgIpc) is 2.41. The van der Waals surface area contributed by atoms with Crippen molar-refractivity contribution in [1.29, 1.82) is 0 Å². The van der Waals surface area contributed by atoms with E-state index in [0.29, 0.717) is 0 Å². The van der Waals surface area contributed by atoms with Crippen LogP contribution in [0.15, 0.2) is 16.4 Å². The Kier molecular flexibility index (Phi) is 3.47. The summed E-state index contributed by atoms with van der Waals surface area (Å²) >= 11 is 2.40. The normalized spacial score (nSPS) is 28.4. The predicted octanol–water partition coefficient (Wildman–Crippen LogP) is 3.53. The van der Waals surface area contributed by atoms with Crippen molar-refractivity contribution in [2.45, 2.75) is 39.0 Å². The van der Waals surface area contributed by atoms with Crippen LogP contribution in [0.3, 0.4) is 0 Å². The number of nitrogens with zero attached hydrogens (tertiary/aromatic N) is 2. The summed E-state index contributed by atoms with van der Waals surface area (Å²) in [6.07, 6.45) is 8.38. The number of hydrogen-bond donors (Lipinski definition) is 0. The van der Waals surface area contributed by atoms with Crippen LogP contribution in [-0.2, 0) is 0 Å². The molecule has 0 aromatic carbocycles. The van der Waals surface area contributed by atoms with Crippen LogP contribution >= 0.6 is 22.9 Å². The van der Waals surface area contributed by atoms with Gasteiger partial charge in [-0.05, 0) is 43.6 Å². The number of rotatable bonds is 0. The summed E-state index contributed by atoms with van der Waals surface area (Å²) in [5.74, 6) is 2.03. The second-order valence-corrected chi connectivity index (χ2v) is 5.49. The lowest BCUT2D eigenvalue weighted by Crippen LogP contribution is -2.10. The van der Waals surface area contributed by atoms with Gasteiger partial charge in [0.05, 0.1) is 22.9 Å². The van der Waals surface area contributed by atoms with E-state index < -0.39 is 0 Å². The molecule has 1 unspecified atom stereocenters. The maximum absolute atomic E-state index is 4.61. The molecule has 1 atom stereocenters. The molecule has 0 saturated carbocycles. The first-order valence-electron chi connectivity index (χ1n) is 5.45. The van der Waals surface area contributed by atoms with Crippen molar-refractivity contribution in [2.24, 2.45) is 10.9 Å². The van der Waals surface area contributed by atoms with Crippen molar-refractivity contribution in [3.8, 4) is 0 Å². The summed E-state index contributed by atoms with van der Waals surface area (Å²) in [7, 11) is 0. The fraction of sp³-hybridized carbons (Fsp3) is 0.727. The Balaban J connectivity index is 2.26. The van der Waals surface area contributed by atoms with E-state index >= 15 is 0 Å². The Bertz CT molecular complexity index is 270. The van der Waals surface area contributed by atoms with Crippen LogP contribution in [0.2, 0.25) is 0 Å². The van der Waals surface area contributed by atoms with Crippen LogP contribution in [0, 0.1) is 5.92 Å². The molecule has 3 heteroatoms. The molecule has 0 amide bonds. The van der Waals surface area contributed by atoms with E-state index in [0.717, 1.165) is 18.9 Å². The lowest BCUT2D eigenvalue weighted by Gasteiger charge is -2.16. The number of aliphatic imine (C=N–C) groups is 1. The van der Waals surface area contributed by atoms with Gasteiger partial charge in [0.1, 0.15) is 5.82 Å². The van der Waals surface area contributed by atoms with E-state index in [1.54, 1.807) is 5.57 Å². The summed E-state index contributed by atoms with van der Waals surface area (Å²) in [6.45, 7) is 3.48. The number of halogens is 1. The smallest absolute Gasteiger partial charge is 0.135 e. The molecule has 2 nitrogen and oxygen atoms in total. The fourth-order valence-corrected chi connectivity index (χ4v) is 2.96. The summed E-state index contributed by atoms with van der Waals surface area (Å²) in [4.78, 5) is 4.61. The summed E-state index contributed by atoms with van der Waals surface area (Å²) in [5.41, 5.74) is 1.58. The average molecular weight is 304 g/mol. The molecule has 0 fully saturated rings. The molecule has 2 heterocycles. The molecule has 2 aliphatic heterocycles. The molecule has 0 radical (unpaired) electrons. The SMILES string of the molecule is CC1CC=NC2=C(CCCCN2I)C1. The first-order chi connectivity index (χ1) is 6.77. The molecule has 2 rings (SSSR count). The van der Waals surface area contributed by atoms with E-state index in [2.05, 4.69) is 44.1 Å². The van der Waals surface area contributed by atoms with Gasteiger partial charge < -0.3 is 0 Å². The van der Waals surface area contributed by atoms with Crippen molar-refractivity contribution in [1.82, 2.24) is 3.11 Å². The van der Waals surface area contributed by atoms with Crippen molar-refractivity contribution in [2.75, 3.05) is 6.54 Å². The van der Waals surface area contributed by atoms with Crippen LogP contribution < -0.4 is 0 Å². The highest BCUT2D eigenvalue weighted by molar-refractivity contribution is 14.1. The molecule has 0 aromatic rings. The van der Waals surface area contributed by atoms with E-state index in [9.17, 15) is 0 Å². The Morgan fingerprint density at radius 2 is 2.36 bits per heavy atom. The molecule has 0 aliphatic carbocycles. The fourth-order valence-electron chi connectivity index (χ4n) is 2.15. The van der Waals surface area contributed by atoms with Crippen molar-refractivity contribution in [3.63, 3.8) is 0 Å². The second kappa shape index (κ2) is 4.64. The van der Waals surface area contributed by atoms with Gasteiger partial charge in [0.15, 0.2) is 0 Å². The first kappa shape index (κ1) is 10.5. The zero-order valence-electron chi connectivity index (χ0n) is 8.67.